The van der Waals surface area contributed by atoms with E-state index in [9.17, 15) is 9.90 Å². The number of aromatic nitrogens is 1. The Morgan fingerprint density at radius 2 is 1.96 bits per heavy atom. The van der Waals surface area contributed by atoms with Crippen molar-refractivity contribution in [2.45, 2.75) is 25.0 Å². The molecule has 4 rings (SSSR count). The Morgan fingerprint density at radius 3 is 2.71 bits per heavy atom. The van der Waals surface area contributed by atoms with Crippen LogP contribution in [-0.2, 0) is 11.2 Å². The van der Waals surface area contributed by atoms with Crippen LogP contribution in [0.5, 0.6) is 0 Å². The molecule has 2 aromatic carbocycles. The van der Waals surface area contributed by atoms with E-state index in [2.05, 4.69) is 28.1 Å². The number of aliphatic hydroxyl groups is 1. The van der Waals surface area contributed by atoms with Crippen molar-refractivity contribution in [3.8, 4) is 0 Å². The lowest BCUT2D eigenvalue weighted by Crippen LogP contribution is -2.39. The van der Waals surface area contributed by atoms with Gasteiger partial charge >= 0.3 is 0 Å². The Hall–Kier alpha value is -2.63. The maximum Gasteiger partial charge on any atom is 0.227 e. The van der Waals surface area contributed by atoms with Gasteiger partial charge in [-0.2, -0.15) is 0 Å². The standard InChI is InChI=1S/C23H27N3O2/c1-25(23(28)13-18-14-24-21-10-6-5-9-20(18)21)22(17-7-3-2-4-8-17)16-26-12-11-19(27)15-26/h2-10,14,19,22,24,27H,11-13,15-16H2,1H3/t19-,22+/m0/s1. The molecule has 0 bridgehead atoms. The van der Waals surface area contributed by atoms with E-state index in [-0.39, 0.29) is 18.1 Å². The van der Waals surface area contributed by atoms with Crippen LogP contribution in [0.4, 0.5) is 0 Å². The van der Waals surface area contributed by atoms with Crippen LogP contribution in [0.3, 0.4) is 0 Å². The van der Waals surface area contributed by atoms with E-state index in [1.54, 1.807) is 0 Å². The molecular weight excluding hydrogens is 350 g/mol. The maximum absolute atomic E-state index is 13.2. The lowest BCUT2D eigenvalue weighted by Gasteiger charge is -2.32. The summed E-state index contributed by atoms with van der Waals surface area (Å²) in [6.45, 7) is 2.28. The van der Waals surface area contributed by atoms with Crippen molar-refractivity contribution in [1.82, 2.24) is 14.8 Å². The Morgan fingerprint density at radius 1 is 1.21 bits per heavy atom. The van der Waals surface area contributed by atoms with Crippen LogP contribution in [0.25, 0.3) is 10.9 Å². The van der Waals surface area contributed by atoms with E-state index in [1.165, 1.54) is 0 Å². The van der Waals surface area contributed by atoms with Crippen LogP contribution in [-0.4, -0.2) is 58.6 Å². The molecule has 2 atom stereocenters. The van der Waals surface area contributed by atoms with E-state index >= 15 is 0 Å². The second-order valence-electron chi connectivity index (χ2n) is 7.67. The first kappa shape index (κ1) is 18.7. The molecule has 3 aromatic rings. The topological polar surface area (TPSA) is 59.6 Å². The molecule has 1 aromatic heterocycles. The van der Waals surface area contributed by atoms with Gasteiger partial charge in [-0.25, -0.2) is 0 Å². The molecule has 1 fully saturated rings. The zero-order valence-corrected chi connectivity index (χ0v) is 16.2. The molecule has 0 saturated carbocycles. The highest BCUT2D eigenvalue weighted by molar-refractivity contribution is 5.89. The number of carbonyl (C=O) groups is 1. The lowest BCUT2D eigenvalue weighted by molar-refractivity contribution is -0.131. The molecule has 1 aliphatic rings. The summed E-state index contributed by atoms with van der Waals surface area (Å²) in [6, 6.07) is 18.2. The predicted octanol–water partition coefficient (Wildman–Crippen LogP) is 2.98. The minimum Gasteiger partial charge on any atom is -0.392 e. The number of β-amino-alcohol motifs (C(OH)–C–C–N with tert-alkyl or cyclic N) is 1. The molecule has 0 aliphatic carbocycles. The number of hydrogen-bond acceptors (Lipinski definition) is 3. The number of rotatable bonds is 6. The average molecular weight is 377 g/mol. The van der Waals surface area contributed by atoms with Gasteiger partial charge in [0.1, 0.15) is 0 Å². The van der Waals surface area contributed by atoms with E-state index in [1.807, 2.05) is 54.5 Å². The number of aliphatic hydroxyl groups excluding tert-OH is 1. The van der Waals surface area contributed by atoms with Crippen molar-refractivity contribution in [3.05, 3.63) is 71.9 Å². The summed E-state index contributed by atoms with van der Waals surface area (Å²) in [5.74, 6) is 0.0957. The van der Waals surface area contributed by atoms with Crippen LogP contribution < -0.4 is 0 Å². The minimum absolute atomic E-state index is 0.0378. The number of nitrogens with one attached hydrogen (secondary N) is 1. The van der Waals surface area contributed by atoms with Gasteiger partial charge in [-0.3, -0.25) is 9.69 Å². The van der Waals surface area contributed by atoms with Gasteiger partial charge in [0, 0.05) is 43.8 Å². The van der Waals surface area contributed by atoms with Crippen LogP contribution in [0.2, 0.25) is 0 Å². The molecule has 0 spiro atoms. The van der Waals surface area contributed by atoms with Crippen molar-refractivity contribution in [1.29, 1.82) is 0 Å². The largest absolute Gasteiger partial charge is 0.392 e. The van der Waals surface area contributed by atoms with Crippen LogP contribution in [0, 0.1) is 0 Å². The quantitative estimate of drug-likeness (QED) is 0.694. The summed E-state index contributed by atoms with van der Waals surface area (Å²) in [6.07, 6.45) is 2.84. The molecule has 28 heavy (non-hydrogen) atoms. The number of hydrogen-bond donors (Lipinski definition) is 2. The summed E-state index contributed by atoms with van der Waals surface area (Å²) in [7, 11) is 1.89. The summed E-state index contributed by atoms with van der Waals surface area (Å²) in [5.41, 5.74) is 3.20. The Labute approximate surface area is 165 Å². The van der Waals surface area contributed by atoms with Gasteiger partial charge in [0.05, 0.1) is 18.6 Å². The number of amides is 1. The first-order valence-corrected chi connectivity index (χ1v) is 9.88. The molecule has 0 radical (unpaired) electrons. The number of aromatic amines is 1. The summed E-state index contributed by atoms with van der Waals surface area (Å²) in [4.78, 5) is 20.5. The molecule has 1 saturated heterocycles. The zero-order chi connectivity index (χ0) is 19.5. The molecular formula is C23H27N3O2. The second-order valence-corrected chi connectivity index (χ2v) is 7.67. The third kappa shape index (κ3) is 3.96. The van der Waals surface area contributed by atoms with Crippen molar-refractivity contribution >= 4 is 16.8 Å². The van der Waals surface area contributed by atoms with Gasteiger partial charge in [0.25, 0.3) is 0 Å². The fraction of sp³-hybridized carbons (Fsp3) is 0.348. The van der Waals surface area contributed by atoms with E-state index in [4.69, 9.17) is 0 Å². The molecule has 146 valence electrons. The van der Waals surface area contributed by atoms with Crippen molar-refractivity contribution < 1.29 is 9.90 Å². The first-order valence-electron chi connectivity index (χ1n) is 9.88. The van der Waals surface area contributed by atoms with Gasteiger partial charge in [-0.15, -0.1) is 0 Å². The van der Waals surface area contributed by atoms with Crippen LogP contribution >= 0.6 is 0 Å². The highest BCUT2D eigenvalue weighted by Gasteiger charge is 2.28. The molecule has 1 aliphatic heterocycles. The summed E-state index contributed by atoms with van der Waals surface area (Å²) in [5, 5.41) is 11.0. The average Bonchev–Trinajstić information content (AvgIpc) is 3.32. The third-order valence-corrected chi connectivity index (χ3v) is 5.74. The number of likely N-dealkylation sites (tertiary alicyclic amines) is 1. The summed E-state index contributed by atoms with van der Waals surface area (Å²) >= 11 is 0. The second kappa shape index (κ2) is 8.17. The predicted molar refractivity (Wildman–Crippen MR) is 111 cm³/mol. The van der Waals surface area contributed by atoms with Crippen molar-refractivity contribution in [2.24, 2.45) is 0 Å². The fourth-order valence-electron chi connectivity index (χ4n) is 4.09. The monoisotopic (exact) mass is 377 g/mol. The van der Waals surface area contributed by atoms with Gasteiger partial charge < -0.3 is 15.0 Å². The number of likely N-dealkylation sites (N-methyl/N-ethyl adjacent to an activating group) is 1. The van der Waals surface area contributed by atoms with Gasteiger partial charge in [-0.1, -0.05) is 48.5 Å². The van der Waals surface area contributed by atoms with Gasteiger partial charge in [0.2, 0.25) is 5.91 Å². The van der Waals surface area contributed by atoms with Crippen LogP contribution in [0.1, 0.15) is 23.6 Å². The Bertz CT molecular complexity index is 937. The van der Waals surface area contributed by atoms with Crippen molar-refractivity contribution in [3.63, 3.8) is 0 Å². The highest BCUT2D eigenvalue weighted by atomic mass is 16.3. The fourth-order valence-corrected chi connectivity index (χ4v) is 4.09. The Kier molecular flexibility index (Phi) is 5.46. The molecule has 1 amide bonds. The first-order chi connectivity index (χ1) is 13.6. The normalized spacial score (nSPS) is 18.4. The molecule has 5 heteroatoms. The van der Waals surface area contributed by atoms with E-state index in [0.717, 1.165) is 41.5 Å². The van der Waals surface area contributed by atoms with Gasteiger partial charge in [-0.05, 0) is 23.6 Å². The number of benzene rings is 2. The molecule has 2 heterocycles. The zero-order valence-electron chi connectivity index (χ0n) is 16.2. The number of nitrogens with zero attached hydrogens (tertiary/aromatic N) is 2. The number of carbonyl (C=O) groups excluding carboxylic acids is 1. The molecule has 0 unspecified atom stereocenters. The highest BCUT2D eigenvalue weighted by Crippen LogP contribution is 2.25. The van der Waals surface area contributed by atoms with E-state index in [0.29, 0.717) is 13.0 Å². The van der Waals surface area contributed by atoms with Crippen molar-refractivity contribution in [2.75, 3.05) is 26.7 Å². The lowest BCUT2D eigenvalue weighted by atomic mass is 10.0. The third-order valence-electron chi connectivity index (χ3n) is 5.74. The minimum atomic E-state index is -0.261. The maximum atomic E-state index is 13.2. The Balaban J connectivity index is 1.54. The van der Waals surface area contributed by atoms with E-state index < -0.39 is 0 Å². The van der Waals surface area contributed by atoms with Gasteiger partial charge in [0.15, 0.2) is 0 Å². The smallest absolute Gasteiger partial charge is 0.227 e. The summed E-state index contributed by atoms with van der Waals surface area (Å²) < 4.78 is 0. The molecule has 2 N–H and O–H groups in total. The SMILES string of the molecule is CN(C(=O)Cc1c[nH]c2ccccc12)[C@H](CN1CC[C@H](O)C1)c1ccccc1. The molecule has 5 nitrogen and oxygen atoms in total. The number of para-hydroxylation sites is 1. The number of H-pyrrole nitrogens is 1. The number of fused-ring (bicyclic) bond motifs is 1. The van der Waals surface area contributed by atoms with Crippen LogP contribution in [0.15, 0.2) is 60.8 Å².